The van der Waals surface area contributed by atoms with Gasteiger partial charge in [-0.05, 0) is 23.5 Å². The summed E-state index contributed by atoms with van der Waals surface area (Å²) in [5.41, 5.74) is 2.99. The molecule has 8 nitrogen and oxygen atoms in total. The van der Waals surface area contributed by atoms with Crippen LogP contribution in [-0.4, -0.2) is 37.1 Å². The van der Waals surface area contributed by atoms with Crippen molar-refractivity contribution in [2.75, 3.05) is 26.6 Å². The van der Waals surface area contributed by atoms with Gasteiger partial charge in [0.15, 0.2) is 22.4 Å². The number of allylic oxidation sites excluding steroid dienone is 2. The molecule has 1 aromatic heterocycles. The monoisotopic (exact) mass is 533 g/mol. The van der Waals surface area contributed by atoms with Crippen molar-refractivity contribution in [2.24, 2.45) is 5.41 Å². The fourth-order valence-electron chi connectivity index (χ4n) is 5.35. The van der Waals surface area contributed by atoms with E-state index in [4.69, 9.17) is 19.2 Å². The summed E-state index contributed by atoms with van der Waals surface area (Å²) in [6, 6.07) is 13.6. The summed E-state index contributed by atoms with van der Waals surface area (Å²) in [5.74, 6) is 1.74. The molecule has 0 bridgehead atoms. The zero-order chi connectivity index (χ0) is 27.0. The lowest BCUT2D eigenvalue weighted by Gasteiger charge is -2.39. The second kappa shape index (κ2) is 10.2. The Hall–Kier alpha value is -3.72. The molecule has 0 fully saturated rings. The average Bonchev–Trinajstić information content (AvgIpc) is 2.89. The highest BCUT2D eigenvalue weighted by Crippen LogP contribution is 2.52. The van der Waals surface area contributed by atoms with E-state index >= 15 is 0 Å². The number of thioether (sulfide) groups is 1. The number of aromatic amines is 1. The van der Waals surface area contributed by atoms with Gasteiger partial charge in [-0.3, -0.25) is 9.59 Å². The lowest BCUT2D eigenvalue weighted by atomic mass is 9.69. The molecule has 38 heavy (non-hydrogen) atoms. The molecule has 2 heterocycles. The zero-order valence-corrected chi connectivity index (χ0v) is 23.0. The van der Waals surface area contributed by atoms with E-state index in [1.807, 2.05) is 36.4 Å². The molecule has 1 aliphatic heterocycles. The predicted octanol–water partition coefficient (Wildman–Crippen LogP) is 5.29. The number of H-pyrrole nitrogens is 1. The summed E-state index contributed by atoms with van der Waals surface area (Å²) in [4.78, 5) is 35.1. The molecule has 5 rings (SSSR count). The average molecular weight is 534 g/mol. The summed E-state index contributed by atoms with van der Waals surface area (Å²) in [5, 5.41) is 3.88. The van der Waals surface area contributed by atoms with Gasteiger partial charge in [0.25, 0.3) is 5.56 Å². The molecule has 1 aliphatic carbocycles. The number of rotatable bonds is 7. The first kappa shape index (κ1) is 25.9. The van der Waals surface area contributed by atoms with Crippen LogP contribution in [0.1, 0.15) is 49.3 Å². The van der Waals surface area contributed by atoms with E-state index < -0.39 is 5.92 Å². The highest BCUT2D eigenvalue weighted by molar-refractivity contribution is 7.98. The summed E-state index contributed by atoms with van der Waals surface area (Å²) >= 11 is 1.46. The molecule has 0 saturated carbocycles. The Morgan fingerprint density at radius 3 is 2.39 bits per heavy atom. The number of nitrogens with one attached hydrogen (secondary N) is 2. The quantitative estimate of drug-likeness (QED) is 0.312. The third-order valence-corrected chi connectivity index (χ3v) is 7.91. The number of carbonyl (C=O) groups is 1. The van der Waals surface area contributed by atoms with Crippen LogP contribution in [-0.2, 0) is 10.5 Å². The number of hydrogen-bond acceptors (Lipinski definition) is 8. The number of anilines is 1. The topological polar surface area (TPSA) is 103 Å². The number of fused-ring (bicyclic) bond motifs is 1. The molecule has 9 heteroatoms. The summed E-state index contributed by atoms with van der Waals surface area (Å²) in [7, 11) is 4.62. The van der Waals surface area contributed by atoms with E-state index in [1.54, 1.807) is 13.2 Å². The van der Waals surface area contributed by atoms with Crippen molar-refractivity contribution < 1.29 is 19.0 Å². The standard InChI is InChI=1S/C29H31N3O5S/c1-29(2)13-18-22(19(33)14-29)21(17-11-12-20(35-3)25(37-5)24(17)36-4)23-26(30-18)31-28(32-27(23)34)38-15-16-9-7-6-8-10-16/h6-12,21H,13-15H2,1-5H3,(H2,30,31,32,34). The maximum absolute atomic E-state index is 13.7. The summed E-state index contributed by atoms with van der Waals surface area (Å²) in [6.07, 6.45) is 1.03. The van der Waals surface area contributed by atoms with Crippen LogP contribution in [0.5, 0.6) is 17.2 Å². The molecule has 1 atom stereocenters. The van der Waals surface area contributed by atoms with Crippen molar-refractivity contribution in [3.05, 3.63) is 80.8 Å². The SMILES string of the molecule is COc1ccc(C2C3=C(CC(C)(C)CC3=O)Nc3nc(SCc4ccccc4)[nH]c(=O)c32)c(OC)c1OC. The number of aromatic nitrogens is 2. The molecule has 0 saturated heterocycles. The minimum absolute atomic E-state index is 0.00170. The minimum atomic E-state index is -0.677. The molecule has 3 aromatic rings. The van der Waals surface area contributed by atoms with Crippen LogP contribution in [0.4, 0.5) is 5.82 Å². The van der Waals surface area contributed by atoms with Gasteiger partial charge in [-0.25, -0.2) is 4.98 Å². The van der Waals surface area contributed by atoms with Gasteiger partial charge in [0.1, 0.15) is 5.82 Å². The molecular weight excluding hydrogens is 502 g/mol. The molecule has 2 N–H and O–H groups in total. The number of hydrogen-bond donors (Lipinski definition) is 2. The first-order valence-electron chi connectivity index (χ1n) is 12.4. The van der Waals surface area contributed by atoms with Gasteiger partial charge >= 0.3 is 0 Å². The van der Waals surface area contributed by atoms with Gasteiger partial charge in [-0.2, -0.15) is 0 Å². The van der Waals surface area contributed by atoms with Gasteiger partial charge in [-0.1, -0.05) is 62.0 Å². The van der Waals surface area contributed by atoms with Gasteiger partial charge in [0.2, 0.25) is 5.75 Å². The van der Waals surface area contributed by atoms with E-state index in [1.165, 1.54) is 26.0 Å². The Bertz CT molecular complexity index is 1480. The first-order chi connectivity index (χ1) is 18.3. The van der Waals surface area contributed by atoms with Crippen molar-refractivity contribution in [2.45, 2.75) is 43.5 Å². The van der Waals surface area contributed by atoms with Crippen LogP contribution in [0.3, 0.4) is 0 Å². The third kappa shape index (κ3) is 4.67. The van der Waals surface area contributed by atoms with E-state index in [2.05, 4.69) is 24.1 Å². The smallest absolute Gasteiger partial charge is 0.257 e. The molecule has 0 amide bonds. The number of benzene rings is 2. The Morgan fingerprint density at radius 1 is 0.974 bits per heavy atom. The number of ether oxygens (including phenoxy) is 3. The summed E-state index contributed by atoms with van der Waals surface area (Å²) < 4.78 is 16.9. The van der Waals surface area contributed by atoms with Crippen molar-refractivity contribution in [3.63, 3.8) is 0 Å². The van der Waals surface area contributed by atoms with Gasteiger partial charge in [0, 0.05) is 29.0 Å². The number of nitrogens with zero attached hydrogens (tertiary/aromatic N) is 1. The molecule has 198 valence electrons. The minimum Gasteiger partial charge on any atom is -0.493 e. The molecule has 2 aliphatic rings. The van der Waals surface area contributed by atoms with Gasteiger partial charge < -0.3 is 24.5 Å². The molecule has 0 spiro atoms. The maximum atomic E-state index is 13.7. The van der Waals surface area contributed by atoms with Crippen LogP contribution in [0, 0.1) is 5.41 Å². The van der Waals surface area contributed by atoms with E-state index in [9.17, 15) is 9.59 Å². The lowest BCUT2D eigenvalue weighted by molar-refractivity contribution is -0.118. The maximum Gasteiger partial charge on any atom is 0.257 e. The fraction of sp³-hybridized carbons (Fsp3) is 0.345. The van der Waals surface area contributed by atoms with E-state index in [0.29, 0.717) is 63.5 Å². The van der Waals surface area contributed by atoms with Crippen LogP contribution < -0.4 is 25.1 Å². The second-order valence-electron chi connectivity index (χ2n) is 10.2. The van der Waals surface area contributed by atoms with Crippen LogP contribution in [0.2, 0.25) is 0 Å². The molecule has 2 aromatic carbocycles. The predicted molar refractivity (Wildman–Crippen MR) is 147 cm³/mol. The first-order valence-corrected chi connectivity index (χ1v) is 13.4. The molecule has 1 unspecified atom stereocenters. The highest BCUT2D eigenvalue weighted by atomic mass is 32.2. The van der Waals surface area contributed by atoms with Gasteiger partial charge in [0.05, 0.1) is 32.8 Å². The number of carbonyl (C=O) groups excluding carboxylic acids is 1. The van der Waals surface area contributed by atoms with Crippen LogP contribution >= 0.6 is 11.8 Å². The highest BCUT2D eigenvalue weighted by Gasteiger charge is 2.43. The largest absolute Gasteiger partial charge is 0.493 e. The molecule has 0 radical (unpaired) electrons. The Kier molecular flexibility index (Phi) is 6.96. The van der Waals surface area contributed by atoms with Crippen molar-refractivity contribution in [3.8, 4) is 17.2 Å². The second-order valence-corrected chi connectivity index (χ2v) is 11.2. The Morgan fingerprint density at radius 2 is 1.71 bits per heavy atom. The summed E-state index contributed by atoms with van der Waals surface area (Å²) in [6.45, 7) is 4.15. The van der Waals surface area contributed by atoms with Gasteiger partial charge in [-0.15, -0.1) is 0 Å². The van der Waals surface area contributed by atoms with Crippen molar-refractivity contribution in [1.82, 2.24) is 9.97 Å². The zero-order valence-electron chi connectivity index (χ0n) is 22.1. The van der Waals surface area contributed by atoms with E-state index in [0.717, 1.165) is 11.3 Å². The Labute approximate surface area is 225 Å². The lowest BCUT2D eigenvalue weighted by Crippen LogP contribution is -2.37. The third-order valence-electron chi connectivity index (χ3n) is 6.96. The number of methoxy groups -OCH3 is 3. The molecular formula is C29H31N3O5S. The fourth-order valence-corrected chi connectivity index (χ4v) is 6.17. The number of ketones is 1. The number of Topliss-reactive ketones (excluding diaryl/α,β-unsaturated/α-hetero) is 1. The Balaban J connectivity index is 1.67. The normalized spacial score (nSPS) is 17.8. The van der Waals surface area contributed by atoms with Crippen LogP contribution in [0.15, 0.2) is 63.7 Å². The van der Waals surface area contributed by atoms with Crippen molar-refractivity contribution in [1.29, 1.82) is 0 Å². The van der Waals surface area contributed by atoms with E-state index in [-0.39, 0.29) is 16.8 Å². The van der Waals surface area contributed by atoms with Crippen LogP contribution in [0.25, 0.3) is 0 Å². The van der Waals surface area contributed by atoms with Crippen molar-refractivity contribution >= 4 is 23.4 Å².